The van der Waals surface area contributed by atoms with Crippen LogP contribution < -0.4 is 9.47 Å². The van der Waals surface area contributed by atoms with Crippen LogP contribution in [0, 0.1) is 0 Å². The monoisotopic (exact) mass is 361 g/mol. The smallest absolute Gasteiger partial charge is 0.307 e. The van der Waals surface area contributed by atoms with Crippen molar-refractivity contribution in [2.24, 2.45) is 0 Å². The van der Waals surface area contributed by atoms with Gasteiger partial charge in [-0.25, -0.2) is 0 Å². The van der Waals surface area contributed by atoms with Gasteiger partial charge in [0, 0.05) is 19.2 Å². The maximum atomic E-state index is 12.4. The highest BCUT2D eigenvalue weighted by atomic mass is 16.5. The number of benzene rings is 1. The summed E-state index contributed by atoms with van der Waals surface area (Å²) in [6, 6.07) is 5.44. The molecule has 0 bridgehead atoms. The highest BCUT2D eigenvalue weighted by molar-refractivity contribution is 5.92. The molecule has 6 heteroatoms. The number of esters is 1. The van der Waals surface area contributed by atoms with Crippen molar-refractivity contribution in [2.45, 2.75) is 20.3 Å². The van der Waals surface area contributed by atoms with E-state index in [9.17, 15) is 9.59 Å². The van der Waals surface area contributed by atoms with E-state index in [0.717, 1.165) is 5.56 Å². The Kier molecular flexibility index (Phi) is 9.61. The molecule has 0 aliphatic carbocycles. The predicted octanol–water partition coefficient (Wildman–Crippen LogP) is 3.07. The molecular weight excluding hydrogens is 334 g/mol. The van der Waals surface area contributed by atoms with Gasteiger partial charge < -0.3 is 19.1 Å². The standard InChI is InChI=1S/C20H27NO5/c1-5-13-21(14-12-20(23)26-7-3)19(22)11-9-16-8-10-17(25-6-2)18(15-16)24-4/h5,8-11,15H,1,6-7,12-14H2,2-4H3/b11-9+. The lowest BCUT2D eigenvalue weighted by molar-refractivity contribution is -0.143. The van der Waals surface area contributed by atoms with E-state index in [1.54, 1.807) is 38.3 Å². The van der Waals surface area contributed by atoms with Crippen LogP contribution in [0.2, 0.25) is 0 Å². The Hall–Kier alpha value is -2.76. The Morgan fingerprint density at radius 2 is 1.96 bits per heavy atom. The Bertz CT molecular complexity index is 639. The second-order valence-electron chi connectivity index (χ2n) is 5.30. The van der Waals surface area contributed by atoms with Crippen LogP contribution in [0.5, 0.6) is 11.5 Å². The highest BCUT2D eigenvalue weighted by Gasteiger charge is 2.12. The SMILES string of the molecule is C=CCN(CCC(=O)OCC)C(=O)/C=C/c1ccc(OCC)c(OC)c1. The van der Waals surface area contributed by atoms with Gasteiger partial charge in [0.2, 0.25) is 5.91 Å². The van der Waals surface area contributed by atoms with Crippen molar-refractivity contribution in [2.75, 3.05) is 33.4 Å². The molecule has 1 rings (SSSR count). The van der Waals surface area contributed by atoms with Gasteiger partial charge in [-0.05, 0) is 37.6 Å². The van der Waals surface area contributed by atoms with Crippen molar-refractivity contribution in [3.05, 3.63) is 42.5 Å². The molecule has 0 aromatic heterocycles. The zero-order valence-corrected chi connectivity index (χ0v) is 15.7. The summed E-state index contributed by atoms with van der Waals surface area (Å²) >= 11 is 0. The van der Waals surface area contributed by atoms with Crippen LogP contribution in [-0.4, -0.2) is 50.2 Å². The molecule has 1 amide bonds. The Labute approximate surface area is 155 Å². The molecule has 0 unspecified atom stereocenters. The van der Waals surface area contributed by atoms with E-state index in [0.29, 0.717) is 31.3 Å². The number of carbonyl (C=O) groups is 2. The number of amides is 1. The third-order valence-electron chi connectivity index (χ3n) is 3.46. The summed E-state index contributed by atoms with van der Waals surface area (Å²) < 4.78 is 15.7. The second kappa shape index (κ2) is 11.7. The second-order valence-corrected chi connectivity index (χ2v) is 5.30. The molecule has 26 heavy (non-hydrogen) atoms. The molecule has 0 N–H and O–H groups in total. The average Bonchev–Trinajstić information content (AvgIpc) is 2.64. The predicted molar refractivity (Wildman–Crippen MR) is 101 cm³/mol. The Morgan fingerprint density at radius 3 is 2.58 bits per heavy atom. The van der Waals surface area contributed by atoms with Gasteiger partial charge in [-0.3, -0.25) is 9.59 Å². The van der Waals surface area contributed by atoms with Crippen LogP contribution >= 0.6 is 0 Å². The molecule has 0 saturated carbocycles. The third kappa shape index (κ3) is 7.01. The number of ether oxygens (including phenoxy) is 3. The lowest BCUT2D eigenvalue weighted by Gasteiger charge is -2.18. The van der Waals surface area contributed by atoms with Gasteiger partial charge in [0.25, 0.3) is 0 Å². The number of rotatable bonds is 11. The molecule has 0 radical (unpaired) electrons. The van der Waals surface area contributed by atoms with Crippen LogP contribution in [0.25, 0.3) is 6.08 Å². The number of carbonyl (C=O) groups excluding carboxylic acids is 2. The lowest BCUT2D eigenvalue weighted by Crippen LogP contribution is -2.32. The van der Waals surface area contributed by atoms with Gasteiger partial charge in [-0.1, -0.05) is 12.1 Å². The Balaban J connectivity index is 2.78. The van der Waals surface area contributed by atoms with Gasteiger partial charge in [0.15, 0.2) is 11.5 Å². The fourth-order valence-corrected chi connectivity index (χ4v) is 2.24. The first-order chi connectivity index (χ1) is 12.5. The fourth-order valence-electron chi connectivity index (χ4n) is 2.24. The van der Waals surface area contributed by atoms with E-state index in [1.165, 1.54) is 11.0 Å². The van der Waals surface area contributed by atoms with Crippen LogP contribution in [0.3, 0.4) is 0 Å². The van der Waals surface area contributed by atoms with Crippen molar-refractivity contribution < 1.29 is 23.8 Å². The van der Waals surface area contributed by atoms with Gasteiger partial charge >= 0.3 is 5.97 Å². The van der Waals surface area contributed by atoms with Crippen LogP contribution in [0.15, 0.2) is 36.9 Å². The minimum absolute atomic E-state index is 0.151. The molecule has 1 aromatic rings. The number of hydrogen-bond acceptors (Lipinski definition) is 5. The quantitative estimate of drug-likeness (QED) is 0.344. The van der Waals surface area contributed by atoms with Gasteiger partial charge in [0.05, 0.1) is 26.7 Å². The van der Waals surface area contributed by atoms with Gasteiger partial charge in [-0.15, -0.1) is 6.58 Å². The van der Waals surface area contributed by atoms with Crippen LogP contribution in [-0.2, 0) is 14.3 Å². The summed E-state index contributed by atoms with van der Waals surface area (Å²) in [5.74, 6) is 0.726. The lowest BCUT2D eigenvalue weighted by atomic mass is 10.2. The van der Waals surface area contributed by atoms with E-state index < -0.39 is 0 Å². The maximum Gasteiger partial charge on any atom is 0.307 e. The molecule has 1 aromatic carbocycles. The van der Waals surface area contributed by atoms with E-state index in [1.807, 2.05) is 13.0 Å². The molecule has 142 valence electrons. The normalized spacial score (nSPS) is 10.4. The molecule has 0 heterocycles. The van der Waals surface area contributed by atoms with Crippen molar-refractivity contribution >= 4 is 18.0 Å². The minimum Gasteiger partial charge on any atom is -0.493 e. The first-order valence-electron chi connectivity index (χ1n) is 8.60. The molecular formula is C20H27NO5. The highest BCUT2D eigenvalue weighted by Crippen LogP contribution is 2.28. The van der Waals surface area contributed by atoms with Crippen LogP contribution in [0.1, 0.15) is 25.8 Å². The molecule has 0 aliphatic rings. The van der Waals surface area contributed by atoms with Crippen LogP contribution in [0.4, 0.5) is 0 Å². The van der Waals surface area contributed by atoms with Crippen molar-refractivity contribution in [3.8, 4) is 11.5 Å². The first kappa shape index (κ1) is 21.3. The first-order valence-corrected chi connectivity index (χ1v) is 8.60. The number of nitrogens with zero attached hydrogens (tertiary/aromatic N) is 1. The maximum absolute atomic E-state index is 12.4. The zero-order valence-electron chi connectivity index (χ0n) is 15.7. The number of hydrogen-bond donors (Lipinski definition) is 0. The molecule has 0 atom stereocenters. The van der Waals surface area contributed by atoms with E-state index in [2.05, 4.69) is 6.58 Å². The topological polar surface area (TPSA) is 65.1 Å². The molecule has 0 fully saturated rings. The minimum atomic E-state index is -0.324. The van der Waals surface area contributed by atoms with Gasteiger partial charge in [-0.2, -0.15) is 0 Å². The van der Waals surface area contributed by atoms with E-state index in [4.69, 9.17) is 14.2 Å². The molecule has 0 saturated heterocycles. The summed E-state index contributed by atoms with van der Waals surface area (Å²) in [7, 11) is 1.57. The summed E-state index contributed by atoms with van der Waals surface area (Å²) in [4.78, 5) is 25.4. The Morgan fingerprint density at radius 1 is 1.19 bits per heavy atom. The van der Waals surface area contributed by atoms with E-state index >= 15 is 0 Å². The van der Waals surface area contributed by atoms with Crippen molar-refractivity contribution in [1.29, 1.82) is 0 Å². The zero-order chi connectivity index (χ0) is 19.4. The summed E-state index contributed by atoms with van der Waals surface area (Å²) in [5.41, 5.74) is 0.808. The van der Waals surface area contributed by atoms with Gasteiger partial charge in [0.1, 0.15) is 0 Å². The molecule has 6 nitrogen and oxygen atoms in total. The molecule has 0 aliphatic heterocycles. The average molecular weight is 361 g/mol. The largest absolute Gasteiger partial charge is 0.493 e. The van der Waals surface area contributed by atoms with Crippen molar-refractivity contribution in [3.63, 3.8) is 0 Å². The summed E-state index contributed by atoms with van der Waals surface area (Å²) in [6.07, 6.45) is 4.93. The molecule has 0 spiro atoms. The third-order valence-corrected chi connectivity index (χ3v) is 3.46. The fraction of sp³-hybridized carbons (Fsp3) is 0.400. The summed E-state index contributed by atoms with van der Waals surface area (Å²) in [6.45, 7) is 8.80. The number of methoxy groups -OCH3 is 1. The summed E-state index contributed by atoms with van der Waals surface area (Å²) in [5, 5.41) is 0. The van der Waals surface area contributed by atoms with Crippen molar-refractivity contribution in [1.82, 2.24) is 4.90 Å². The van der Waals surface area contributed by atoms with E-state index in [-0.39, 0.29) is 24.8 Å².